The number of nitrogens with one attached hydrogen (secondary N) is 1. The fraction of sp³-hybridized carbons (Fsp3) is 0.391. The highest BCUT2D eigenvalue weighted by Gasteiger charge is 2.33. The second-order valence-corrected chi connectivity index (χ2v) is 9.13. The van der Waals surface area contributed by atoms with Gasteiger partial charge in [-0.25, -0.2) is 18.9 Å². The van der Waals surface area contributed by atoms with Crippen molar-refractivity contribution in [1.82, 2.24) is 34.2 Å². The first-order valence-corrected chi connectivity index (χ1v) is 11.0. The van der Waals surface area contributed by atoms with E-state index < -0.39 is 5.82 Å². The van der Waals surface area contributed by atoms with Crippen LogP contribution in [-0.4, -0.2) is 60.5 Å². The second-order valence-electron chi connectivity index (χ2n) is 9.13. The van der Waals surface area contributed by atoms with Gasteiger partial charge < -0.3 is 9.72 Å². The predicted octanol–water partition coefficient (Wildman–Crippen LogP) is 2.62. The standard InChI is InChI=1S/C23H24FN7O/c1-13-5-19(28-31-7-14(2)25-21(13)31)16-6-18(24)22-27-20(12-30(22)9-16)23(32)26-17-10-29(11-17)8-15-3-4-15/h5-7,9,12,15,17H,3-4,8,10-11H2,1-2H3,(H,26,32). The molecule has 1 N–H and O–H groups in total. The molecule has 0 spiro atoms. The molecule has 4 aromatic rings. The van der Waals surface area contributed by atoms with Crippen molar-refractivity contribution in [3.63, 3.8) is 0 Å². The third-order valence-corrected chi connectivity index (χ3v) is 6.27. The van der Waals surface area contributed by atoms with E-state index in [4.69, 9.17) is 0 Å². The van der Waals surface area contributed by atoms with Crippen molar-refractivity contribution in [2.75, 3.05) is 19.6 Å². The van der Waals surface area contributed by atoms with Crippen molar-refractivity contribution in [3.05, 3.63) is 53.5 Å². The van der Waals surface area contributed by atoms with E-state index in [-0.39, 0.29) is 23.3 Å². The Morgan fingerprint density at radius 2 is 1.94 bits per heavy atom. The first-order valence-electron chi connectivity index (χ1n) is 11.0. The molecule has 0 unspecified atom stereocenters. The summed E-state index contributed by atoms with van der Waals surface area (Å²) in [5.41, 5.74) is 4.16. The van der Waals surface area contributed by atoms with Crippen LogP contribution in [0.25, 0.3) is 22.6 Å². The van der Waals surface area contributed by atoms with Crippen LogP contribution in [0.4, 0.5) is 4.39 Å². The highest BCUT2D eigenvalue weighted by atomic mass is 19.1. The molecule has 32 heavy (non-hydrogen) atoms. The van der Waals surface area contributed by atoms with Crippen molar-refractivity contribution in [2.45, 2.75) is 32.7 Å². The van der Waals surface area contributed by atoms with E-state index in [0.29, 0.717) is 11.3 Å². The predicted molar refractivity (Wildman–Crippen MR) is 117 cm³/mol. The lowest BCUT2D eigenvalue weighted by Gasteiger charge is -2.39. The second kappa shape index (κ2) is 7.09. The molecular weight excluding hydrogens is 409 g/mol. The summed E-state index contributed by atoms with van der Waals surface area (Å²) in [5, 5.41) is 7.59. The number of aromatic nitrogens is 5. The van der Waals surface area contributed by atoms with Crippen molar-refractivity contribution < 1.29 is 9.18 Å². The maximum atomic E-state index is 14.9. The van der Waals surface area contributed by atoms with Gasteiger partial charge in [0.1, 0.15) is 5.69 Å². The van der Waals surface area contributed by atoms with Crippen LogP contribution in [0.3, 0.4) is 0 Å². The quantitative estimate of drug-likeness (QED) is 0.523. The average molecular weight is 433 g/mol. The number of hydrogen-bond acceptors (Lipinski definition) is 5. The number of nitrogens with zero attached hydrogens (tertiary/aromatic N) is 6. The lowest BCUT2D eigenvalue weighted by Crippen LogP contribution is -2.59. The summed E-state index contributed by atoms with van der Waals surface area (Å²) < 4.78 is 18.1. The minimum absolute atomic E-state index is 0.124. The Morgan fingerprint density at radius 3 is 2.72 bits per heavy atom. The Bertz CT molecular complexity index is 1360. The van der Waals surface area contributed by atoms with Gasteiger partial charge in [-0.1, -0.05) is 0 Å². The first kappa shape index (κ1) is 19.4. The van der Waals surface area contributed by atoms with Gasteiger partial charge in [-0.05, 0) is 50.3 Å². The van der Waals surface area contributed by atoms with Crippen molar-refractivity contribution >= 4 is 17.2 Å². The summed E-state index contributed by atoms with van der Waals surface area (Å²) in [6.45, 7) is 6.73. The van der Waals surface area contributed by atoms with E-state index in [9.17, 15) is 9.18 Å². The molecule has 1 saturated heterocycles. The Labute approximate surface area is 184 Å². The summed E-state index contributed by atoms with van der Waals surface area (Å²) in [6.07, 6.45) is 7.82. The number of carbonyl (C=O) groups is 1. The van der Waals surface area contributed by atoms with Crippen LogP contribution in [-0.2, 0) is 0 Å². The Kier molecular flexibility index (Phi) is 4.29. The van der Waals surface area contributed by atoms with Crippen LogP contribution in [0, 0.1) is 25.6 Å². The van der Waals surface area contributed by atoms with E-state index in [1.165, 1.54) is 18.9 Å². The molecule has 0 bridgehead atoms. The number of amides is 1. The maximum absolute atomic E-state index is 14.9. The Morgan fingerprint density at radius 1 is 1.12 bits per heavy atom. The molecule has 2 aliphatic rings. The number of likely N-dealkylation sites (tertiary alicyclic amines) is 1. The molecule has 0 atom stereocenters. The summed E-state index contributed by atoms with van der Waals surface area (Å²) >= 11 is 0. The van der Waals surface area contributed by atoms with Crippen LogP contribution >= 0.6 is 0 Å². The SMILES string of the molecule is Cc1cn2nc(-c3cc(F)c4nc(C(=O)NC5CN(CC6CC6)C5)cn4c3)cc(C)c2n1. The fourth-order valence-corrected chi connectivity index (χ4v) is 4.43. The number of fused-ring (bicyclic) bond motifs is 2. The minimum atomic E-state index is -0.498. The van der Waals surface area contributed by atoms with Crippen molar-refractivity contribution in [3.8, 4) is 11.3 Å². The van der Waals surface area contributed by atoms with Crippen molar-refractivity contribution in [2.24, 2.45) is 5.92 Å². The number of imidazole rings is 2. The number of pyridine rings is 1. The molecular formula is C23H24FN7O. The fourth-order valence-electron chi connectivity index (χ4n) is 4.43. The molecule has 9 heteroatoms. The Hall–Kier alpha value is -3.33. The third-order valence-electron chi connectivity index (χ3n) is 6.27. The highest BCUT2D eigenvalue weighted by Crippen LogP contribution is 2.31. The third kappa shape index (κ3) is 3.42. The number of rotatable bonds is 5. The van der Waals surface area contributed by atoms with Gasteiger partial charge in [0.25, 0.3) is 5.91 Å². The average Bonchev–Trinajstić information content (AvgIpc) is 3.29. The molecule has 5 heterocycles. The monoisotopic (exact) mass is 433 g/mol. The summed E-state index contributed by atoms with van der Waals surface area (Å²) in [4.78, 5) is 23.7. The number of halogens is 1. The van der Waals surface area contributed by atoms with Crippen LogP contribution in [0.15, 0.2) is 30.7 Å². The number of hydrogen-bond donors (Lipinski definition) is 1. The van der Waals surface area contributed by atoms with Crippen molar-refractivity contribution in [1.29, 1.82) is 0 Å². The maximum Gasteiger partial charge on any atom is 0.271 e. The lowest BCUT2D eigenvalue weighted by molar-refractivity contribution is 0.0798. The van der Waals surface area contributed by atoms with Gasteiger partial charge >= 0.3 is 0 Å². The van der Waals surface area contributed by atoms with Gasteiger partial charge in [0.05, 0.1) is 23.6 Å². The zero-order valence-corrected chi connectivity index (χ0v) is 18.0. The van der Waals surface area contributed by atoms with Crippen LogP contribution < -0.4 is 5.32 Å². The van der Waals surface area contributed by atoms with Gasteiger partial charge in [0.15, 0.2) is 17.1 Å². The van der Waals surface area contributed by atoms with E-state index in [2.05, 4.69) is 25.3 Å². The van der Waals surface area contributed by atoms with Gasteiger partial charge in [-0.3, -0.25) is 9.69 Å². The smallest absolute Gasteiger partial charge is 0.271 e. The topological polar surface area (TPSA) is 79.8 Å². The van der Waals surface area contributed by atoms with Gasteiger partial charge in [0, 0.05) is 37.6 Å². The molecule has 8 nitrogen and oxygen atoms in total. The number of carbonyl (C=O) groups excluding carboxylic acids is 1. The van der Waals surface area contributed by atoms with Gasteiger partial charge in [0.2, 0.25) is 0 Å². The van der Waals surface area contributed by atoms with E-state index in [1.54, 1.807) is 21.3 Å². The highest BCUT2D eigenvalue weighted by molar-refractivity contribution is 5.93. The van der Waals surface area contributed by atoms with Gasteiger partial charge in [-0.15, -0.1) is 0 Å². The van der Waals surface area contributed by atoms with E-state index in [1.807, 2.05) is 26.1 Å². The number of aryl methyl sites for hydroxylation is 2. The van der Waals surface area contributed by atoms with Crippen LogP contribution in [0.1, 0.15) is 34.6 Å². The molecule has 164 valence electrons. The summed E-state index contributed by atoms with van der Waals surface area (Å²) in [6, 6.07) is 3.42. The van der Waals surface area contributed by atoms with E-state index in [0.717, 1.165) is 42.5 Å². The molecule has 1 aliphatic heterocycles. The molecule has 1 amide bonds. The zero-order chi connectivity index (χ0) is 22.0. The molecule has 2 fully saturated rings. The first-order chi connectivity index (χ1) is 15.4. The van der Waals surface area contributed by atoms with Crippen LogP contribution in [0.2, 0.25) is 0 Å². The largest absolute Gasteiger partial charge is 0.345 e. The normalized spacial score (nSPS) is 17.2. The molecule has 6 rings (SSSR count). The molecule has 0 aromatic carbocycles. The Balaban J connectivity index is 1.25. The van der Waals surface area contributed by atoms with E-state index >= 15 is 0 Å². The molecule has 1 aliphatic carbocycles. The van der Waals surface area contributed by atoms with Crippen LogP contribution in [0.5, 0.6) is 0 Å². The molecule has 0 radical (unpaired) electrons. The summed E-state index contributed by atoms with van der Waals surface area (Å²) in [5.74, 6) is 0.0798. The lowest BCUT2D eigenvalue weighted by atomic mass is 10.1. The summed E-state index contributed by atoms with van der Waals surface area (Å²) in [7, 11) is 0. The molecule has 4 aromatic heterocycles. The zero-order valence-electron chi connectivity index (χ0n) is 18.0. The molecule has 1 saturated carbocycles. The van der Waals surface area contributed by atoms with Gasteiger partial charge in [-0.2, -0.15) is 5.10 Å². The minimum Gasteiger partial charge on any atom is -0.345 e.